The molecule has 8 nitrogen and oxygen atoms in total. The maximum atomic E-state index is 12.6. The Bertz CT molecular complexity index is 1150. The molecule has 0 aliphatic carbocycles. The van der Waals surface area contributed by atoms with Crippen molar-refractivity contribution in [3.63, 3.8) is 0 Å². The van der Waals surface area contributed by atoms with Crippen molar-refractivity contribution in [1.29, 1.82) is 0 Å². The van der Waals surface area contributed by atoms with Gasteiger partial charge in [0.25, 0.3) is 11.5 Å². The molecule has 10 heteroatoms. The van der Waals surface area contributed by atoms with Crippen LogP contribution in [0.15, 0.2) is 41.3 Å². The fourth-order valence-corrected chi connectivity index (χ4v) is 2.87. The lowest BCUT2D eigenvalue weighted by atomic mass is 10.1. The van der Waals surface area contributed by atoms with Gasteiger partial charge in [-0.15, -0.1) is 0 Å². The number of hydrogen-bond donors (Lipinski definition) is 1. The average Bonchev–Trinajstić information content (AvgIpc) is 2.66. The van der Waals surface area contributed by atoms with Crippen molar-refractivity contribution >= 4 is 51.7 Å². The number of aryl methyl sites for hydroxylation is 1. The number of nitrogens with one attached hydrogen (secondary N) is 1. The Morgan fingerprint density at radius 3 is 2.57 bits per heavy atom. The van der Waals surface area contributed by atoms with Crippen LogP contribution in [0, 0.1) is 0 Å². The number of hydrogen-bond acceptors (Lipinski definition) is 6. The Labute approximate surface area is 169 Å². The zero-order chi connectivity index (χ0) is 20.4. The van der Waals surface area contributed by atoms with Gasteiger partial charge in [-0.05, 0) is 19.1 Å². The van der Waals surface area contributed by atoms with Gasteiger partial charge in [0.05, 0.1) is 15.4 Å². The zero-order valence-corrected chi connectivity index (χ0v) is 16.3. The van der Waals surface area contributed by atoms with Crippen molar-refractivity contribution in [1.82, 2.24) is 14.8 Å². The van der Waals surface area contributed by atoms with Crippen molar-refractivity contribution in [2.24, 2.45) is 7.05 Å². The number of fused-ring (bicyclic) bond motifs is 1. The van der Waals surface area contributed by atoms with Crippen LogP contribution in [0.2, 0.25) is 10.0 Å². The summed E-state index contributed by atoms with van der Waals surface area (Å²) in [7, 11) is 1.43. The van der Waals surface area contributed by atoms with Crippen molar-refractivity contribution in [3.8, 4) is 0 Å². The van der Waals surface area contributed by atoms with Crippen molar-refractivity contribution in [2.45, 2.75) is 13.0 Å². The van der Waals surface area contributed by atoms with Crippen LogP contribution in [-0.2, 0) is 16.6 Å². The number of carbonyl (C=O) groups excluding carboxylic acids is 2. The molecule has 0 aliphatic rings. The summed E-state index contributed by atoms with van der Waals surface area (Å²) in [5.74, 6) is -1.39. The second-order valence-corrected chi connectivity index (χ2v) is 6.69. The lowest BCUT2D eigenvalue weighted by Gasteiger charge is -2.14. The molecule has 28 heavy (non-hydrogen) atoms. The molecule has 3 aromatic rings. The fraction of sp³-hybridized carbons (Fsp3) is 0.167. The number of ether oxygens (including phenoxy) is 1. The molecule has 0 spiro atoms. The van der Waals surface area contributed by atoms with Crippen molar-refractivity contribution in [3.05, 3.63) is 62.6 Å². The van der Waals surface area contributed by atoms with Crippen molar-refractivity contribution in [2.75, 3.05) is 5.32 Å². The molecule has 0 bridgehead atoms. The van der Waals surface area contributed by atoms with Crippen LogP contribution in [0.1, 0.15) is 17.4 Å². The Kier molecular flexibility index (Phi) is 5.62. The van der Waals surface area contributed by atoms with Crippen LogP contribution in [0.3, 0.4) is 0 Å². The third-order valence-corrected chi connectivity index (χ3v) is 4.35. The lowest BCUT2D eigenvalue weighted by molar-refractivity contribution is -0.123. The SMILES string of the molecule is C[C@H](OC(=O)c1nn(C)c(=O)c2ccccc12)C(=O)Nc1ncc(Cl)cc1Cl. The largest absolute Gasteiger partial charge is 0.448 e. The van der Waals surface area contributed by atoms with Gasteiger partial charge in [0, 0.05) is 18.6 Å². The summed E-state index contributed by atoms with van der Waals surface area (Å²) < 4.78 is 6.25. The van der Waals surface area contributed by atoms with E-state index in [4.69, 9.17) is 27.9 Å². The molecule has 144 valence electrons. The van der Waals surface area contributed by atoms with E-state index in [1.165, 1.54) is 26.2 Å². The summed E-state index contributed by atoms with van der Waals surface area (Å²) in [6.45, 7) is 1.39. The van der Waals surface area contributed by atoms with Gasteiger partial charge in [-0.25, -0.2) is 14.5 Å². The number of pyridine rings is 1. The van der Waals surface area contributed by atoms with Gasteiger partial charge < -0.3 is 10.1 Å². The molecule has 2 aromatic heterocycles. The molecule has 1 amide bonds. The third kappa shape index (κ3) is 3.97. The van der Waals surface area contributed by atoms with E-state index in [1.54, 1.807) is 24.3 Å². The Morgan fingerprint density at radius 2 is 1.89 bits per heavy atom. The number of anilines is 1. The van der Waals surface area contributed by atoms with Crippen LogP contribution >= 0.6 is 23.2 Å². The first kappa shape index (κ1) is 19.8. The van der Waals surface area contributed by atoms with Gasteiger partial charge in [-0.1, -0.05) is 41.4 Å². The van der Waals surface area contributed by atoms with Crippen LogP contribution in [-0.4, -0.2) is 32.7 Å². The van der Waals surface area contributed by atoms with Gasteiger partial charge in [0.2, 0.25) is 0 Å². The number of nitrogens with zero attached hydrogens (tertiary/aromatic N) is 3. The normalized spacial score (nSPS) is 11.9. The van der Waals surface area contributed by atoms with E-state index in [0.717, 1.165) is 4.68 Å². The highest BCUT2D eigenvalue weighted by molar-refractivity contribution is 6.36. The first-order valence-electron chi connectivity index (χ1n) is 8.07. The molecule has 1 N–H and O–H groups in total. The summed E-state index contributed by atoms with van der Waals surface area (Å²) in [4.78, 5) is 40.9. The number of amides is 1. The van der Waals surface area contributed by atoms with Gasteiger partial charge in [-0.2, -0.15) is 5.10 Å². The number of benzene rings is 1. The van der Waals surface area contributed by atoms with Gasteiger partial charge in [0.1, 0.15) is 0 Å². The topological polar surface area (TPSA) is 103 Å². The first-order chi connectivity index (χ1) is 13.3. The summed E-state index contributed by atoms with van der Waals surface area (Å²) in [6.07, 6.45) is 0.152. The van der Waals surface area contributed by atoms with Gasteiger partial charge >= 0.3 is 5.97 Å². The maximum Gasteiger partial charge on any atom is 0.360 e. The molecule has 0 unspecified atom stereocenters. The van der Waals surface area contributed by atoms with E-state index in [-0.39, 0.29) is 22.1 Å². The van der Waals surface area contributed by atoms with Gasteiger partial charge in [0.15, 0.2) is 17.6 Å². The van der Waals surface area contributed by atoms with Crippen LogP contribution < -0.4 is 10.9 Å². The van der Waals surface area contributed by atoms with Gasteiger partial charge in [-0.3, -0.25) is 9.59 Å². The van der Waals surface area contributed by atoms with Crippen LogP contribution in [0.25, 0.3) is 10.8 Å². The molecule has 1 aromatic carbocycles. The Morgan fingerprint density at radius 1 is 1.21 bits per heavy atom. The van der Waals surface area contributed by atoms with Crippen molar-refractivity contribution < 1.29 is 14.3 Å². The molecule has 0 aliphatic heterocycles. The molecule has 2 heterocycles. The molecule has 0 saturated carbocycles. The van der Waals surface area contributed by atoms with E-state index in [1.807, 2.05) is 0 Å². The van der Waals surface area contributed by atoms with Crippen LogP contribution in [0.5, 0.6) is 0 Å². The highest BCUT2D eigenvalue weighted by atomic mass is 35.5. The minimum Gasteiger partial charge on any atom is -0.448 e. The average molecular weight is 421 g/mol. The molecular weight excluding hydrogens is 407 g/mol. The van der Waals surface area contributed by atoms with Crippen LogP contribution in [0.4, 0.5) is 5.82 Å². The number of aromatic nitrogens is 3. The molecule has 0 radical (unpaired) electrons. The predicted octanol–water partition coefficient (Wildman–Crippen LogP) is 2.82. The van der Waals surface area contributed by atoms with E-state index in [2.05, 4.69) is 15.4 Å². The second kappa shape index (κ2) is 7.95. The maximum absolute atomic E-state index is 12.6. The van der Waals surface area contributed by atoms with E-state index in [9.17, 15) is 14.4 Å². The molecule has 0 fully saturated rings. The number of halogens is 2. The Balaban J connectivity index is 1.81. The lowest BCUT2D eigenvalue weighted by Crippen LogP contribution is -2.31. The molecule has 1 atom stereocenters. The minimum absolute atomic E-state index is 0.0694. The summed E-state index contributed by atoms with van der Waals surface area (Å²) in [6, 6.07) is 7.94. The predicted molar refractivity (Wildman–Crippen MR) is 105 cm³/mol. The monoisotopic (exact) mass is 420 g/mol. The highest BCUT2D eigenvalue weighted by Crippen LogP contribution is 2.23. The Hall–Kier alpha value is -2.97. The smallest absolute Gasteiger partial charge is 0.360 e. The van der Waals surface area contributed by atoms with E-state index in [0.29, 0.717) is 15.8 Å². The fourth-order valence-electron chi connectivity index (χ4n) is 2.45. The minimum atomic E-state index is -1.17. The molecule has 0 saturated heterocycles. The second-order valence-electron chi connectivity index (χ2n) is 5.84. The first-order valence-corrected chi connectivity index (χ1v) is 8.82. The molecule has 3 rings (SSSR count). The third-order valence-electron chi connectivity index (χ3n) is 3.85. The summed E-state index contributed by atoms with van der Waals surface area (Å²) >= 11 is 11.7. The number of rotatable bonds is 4. The molecular formula is C18H14Cl2N4O4. The standard InChI is InChI=1S/C18H14Cl2N4O4/c1-9(16(25)22-15-13(20)7-10(19)8-21-15)28-18(27)14-11-5-3-4-6-12(11)17(26)24(2)23-14/h3-9H,1-2H3,(H,21,22,25)/t9-/m0/s1. The highest BCUT2D eigenvalue weighted by Gasteiger charge is 2.23. The zero-order valence-electron chi connectivity index (χ0n) is 14.8. The quantitative estimate of drug-likeness (QED) is 0.650. The summed E-state index contributed by atoms with van der Waals surface area (Å²) in [5, 5.41) is 7.55. The van der Waals surface area contributed by atoms with E-state index < -0.39 is 18.0 Å². The summed E-state index contributed by atoms with van der Waals surface area (Å²) in [5.41, 5.74) is -0.415. The number of esters is 1. The van der Waals surface area contributed by atoms with E-state index >= 15 is 0 Å². The number of carbonyl (C=O) groups is 2.